The van der Waals surface area contributed by atoms with Crippen molar-refractivity contribution in [3.63, 3.8) is 0 Å². The van der Waals surface area contributed by atoms with Gasteiger partial charge in [0.2, 0.25) is 17.7 Å². The van der Waals surface area contributed by atoms with Crippen molar-refractivity contribution in [3.05, 3.63) is 65.0 Å². The van der Waals surface area contributed by atoms with Crippen molar-refractivity contribution in [1.82, 2.24) is 15.1 Å². The quantitative estimate of drug-likeness (QED) is 0.385. The van der Waals surface area contributed by atoms with E-state index < -0.39 is 35.9 Å². The summed E-state index contributed by atoms with van der Waals surface area (Å²) in [6.45, 7) is 13.1. The molecule has 1 aliphatic heterocycles. The van der Waals surface area contributed by atoms with Crippen LogP contribution in [0.2, 0.25) is 0 Å². The SMILES string of the molecule is CC(c1ccc(F)cc1)[C@H](N)C(=O)N[C@H](C(=O)N(C)[C@@H](Cc1ccc(O)c(C(C)(C)C)c1)C(=O)N1CCOCC1)C(C)C. The van der Waals surface area contributed by atoms with Gasteiger partial charge in [0.25, 0.3) is 0 Å². The highest BCUT2D eigenvalue weighted by Gasteiger charge is 2.37. The molecule has 3 rings (SSSR count). The summed E-state index contributed by atoms with van der Waals surface area (Å²) in [5, 5.41) is 13.3. The molecule has 9 nitrogen and oxygen atoms in total. The zero-order valence-electron chi connectivity index (χ0n) is 26.4. The van der Waals surface area contributed by atoms with Gasteiger partial charge in [-0.2, -0.15) is 0 Å². The van der Waals surface area contributed by atoms with E-state index in [1.807, 2.05) is 40.7 Å². The van der Waals surface area contributed by atoms with E-state index in [0.29, 0.717) is 31.9 Å². The van der Waals surface area contributed by atoms with Crippen molar-refractivity contribution in [2.75, 3.05) is 33.4 Å². The fraction of sp³-hybridized carbons (Fsp3) is 0.545. The maximum absolute atomic E-state index is 14.0. The summed E-state index contributed by atoms with van der Waals surface area (Å²) >= 11 is 0. The lowest BCUT2D eigenvalue weighted by Gasteiger charge is -2.37. The van der Waals surface area contributed by atoms with Gasteiger partial charge in [0, 0.05) is 32.5 Å². The average molecular weight is 599 g/mol. The molecule has 2 aromatic carbocycles. The minimum atomic E-state index is -0.983. The molecule has 0 aliphatic carbocycles. The van der Waals surface area contributed by atoms with Crippen molar-refractivity contribution in [1.29, 1.82) is 0 Å². The van der Waals surface area contributed by atoms with Gasteiger partial charge in [0.1, 0.15) is 23.7 Å². The monoisotopic (exact) mass is 598 g/mol. The number of halogens is 1. The van der Waals surface area contributed by atoms with Crippen LogP contribution < -0.4 is 11.1 Å². The number of amides is 3. The van der Waals surface area contributed by atoms with Gasteiger partial charge in [-0.25, -0.2) is 4.39 Å². The molecule has 1 heterocycles. The first-order valence-corrected chi connectivity index (χ1v) is 14.9. The van der Waals surface area contributed by atoms with Gasteiger partial charge >= 0.3 is 0 Å². The topological polar surface area (TPSA) is 125 Å². The molecule has 0 spiro atoms. The maximum Gasteiger partial charge on any atom is 0.245 e. The van der Waals surface area contributed by atoms with Crippen molar-refractivity contribution in [2.24, 2.45) is 11.7 Å². The first kappa shape index (κ1) is 34.0. The van der Waals surface area contributed by atoms with Crippen LogP contribution in [-0.2, 0) is 31.0 Å². The van der Waals surface area contributed by atoms with E-state index >= 15 is 0 Å². The third-order valence-electron chi connectivity index (χ3n) is 8.19. The predicted molar refractivity (Wildman–Crippen MR) is 164 cm³/mol. The van der Waals surface area contributed by atoms with Crippen molar-refractivity contribution >= 4 is 17.7 Å². The second-order valence-electron chi connectivity index (χ2n) is 12.8. The third kappa shape index (κ3) is 8.54. The number of nitrogens with zero attached hydrogens (tertiary/aromatic N) is 2. The number of rotatable bonds is 10. The molecule has 0 bridgehead atoms. The largest absolute Gasteiger partial charge is 0.508 e. The number of phenolic OH excluding ortho intramolecular Hbond substituents is 1. The molecule has 3 amide bonds. The van der Waals surface area contributed by atoms with Gasteiger partial charge in [0.05, 0.1) is 19.3 Å². The zero-order chi connectivity index (χ0) is 32.1. The highest BCUT2D eigenvalue weighted by molar-refractivity contribution is 5.93. The minimum absolute atomic E-state index is 0.172. The molecule has 4 atom stereocenters. The van der Waals surface area contributed by atoms with E-state index in [1.54, 1.807) is 43.1 Å². The van der Waals surface area contributed by atoms with Crippen LogP contribution in [0.25, 0.3) is 0 Å². The molecule has 10 heteroatoms. The number of nitrogens with two attached hydrogens (primary N) is 1. The lowest BCUT2D eigenvalue weighted by atomic mass is 9.84. The third-order valence-corrected chi connectivity index (χ3v) is 8.19. The standard InChI is InChI=1S/C33H47FN4O5/c1-20(2)29(36-30(40)28(35)21(3)23-9-11-24(34)12-10-23)32(42)37(7)26(31(41)38-14-16-43-17-15-38)19-22-8-13-27(39)25(18-22)33(4,5)6/h8-13,18,20-21,26,28-29,39H,14-17,19,35H2,1-7H3,(H,36,40)/t21?,26-,28-,29-/m0/s1. The average Bonchev–Trinajstić information content (AvgIpc) is 2.97. The van der Waals surface area contributed by atoms with Crippen LogP contribution in [0.5, 0.6) is 5.75 Å². The molecular formula is C33H47FN4O5. The number of ether oxygens (including phenoxy) is 1. The molecule has 0 saturated carbocycles. The molecule has 1 saturated heterocycles. The number of carbonyl (C=O) groups is 3. The van der Waals surface area contributed by atoms with E-state index in [-0.39, 0.29) is 35.2 Å². The Morgan fingerprint density at radius 1 is 1.07 bits per heavy atom. The van der Waals surface area contributed by atoms with Gasteiger partial charge in [-0.15, -0.1) is 0 Å². The Balaban J connectivity index is 1.87. The summed E-state index contributed by atoms with van der Waals surface area (Å²) < 4.78 is 18.8. The van der Waals surface area contributed by atoms with Gasteiger partial charge in [0.15, 0.2) is 0 Å². The Labute approximate surface area is 254 Å². The number of hydrogen-bond acceptors (Lipinski definition) is 6. The molecule has 1 aliphatic rings. The normalized spacial score (nSPS) is 16.7. The Hall–Kier alpha value is -3.50. The number of likely N-dealkylation sites (N-methyl/N-ethyl adjacent to an activating group) is 1. The second kappa shape index (κ2) is 14.3. The van der Waals surface area contributed by atoms with Gasteiger partial charge in [-0.3, -0.25) is 14.4 Å². The molecule has 4 N–H and O–H groups in total. The number of aromatic hydroxyl groups is 1. The maximum atomic E-state index is 14.0. The summed E-state index contributed by atoms with van der Waals surface area (Å²) in [6, 6.07) is 8.29. The molecular weight excluding hydrogens is 551 g/mol. The molecule has 43 heavy (non-hydrogen) atoms. The number of hydrogen-bond donors (Lipinski definition) is 3. The van der Waals surface area contributed by atoms with Crippen LogP contribution in [-0.4, -0.2) is 84.1 Å². The predicted octanol–water partition coefficient (Wildman–Crippen LogP) is 3.33. The summed E-state index contributed by atoms with van der Waals surface area (Å²) in [7, 11) is 1.58. The smallest absolute Gasteiger partial charge is 0.245 e. The first-order chi connectivity index (χ1) is 20.1. The van der Waals surface area contributed by atoms with E-state index in [2.05, 4.69) is 5.32 Å². The Bertz CT molecular complexity index is 1270. The van der Waals surface area contributed by atoms with E-state index in [0.717, 1.165) is 11.1 Å². The minimum Gasteiger partial charge on any atom is -0.508 e. The van der Waals surface area contributed by atoms with Crippen LogP contribution >= 0.6 is 0 Å². The lowest BCUT2D eigenvalue weighted by molar-refractivity contribution is -0.149. The van der Waals surface area contributed by atoms with Crippen molar-refractivity contribution in [3.8, 4) is 5.75 Å². The number of carbonyl (C=O) groups excluding carboxylic acids is 3. The van der Waals surface area contributed by atoms with E-state index in [1.165, 1.54) is 17.0 Å². The highest BCUT2D eigenvalue weighted by atomic mass is 19.1. The Morgan fingerprint density at radius 3 is 2.23 bits per heavy atom. The number of phenols is 1. The van der Waals surface area contributed by atoms with Gasteiger partial charge < -0.3 is 30.7 Å². The van der Waals surface area contributed by atoms with E-state index in [4.69, 9.17) is 10.5 Å². The van der Waals surface area contributed by atoms with Gasteiger partial charge in [-0.1, -0.05) is 65.8 Å². The molecule has 236 valence electrons. The Kier molecular flexibility index (Phi) is 11.3. The number of benzene rings is 2. The summed E-state index contributed by atoms with van der Waals surface area (Å²) in [4.78, 5) is 44.3. The Morgan fingerprint density at radius 2 is 1.67 bits per heavy atom. The van der Waals surface area contributed by atoms with Crippen LogP contribution in [0.15, 0.2) is 42.5 Å². The summed E-state index contributed by atoms with van der Waals surface area (Å²) in [5.74, 6) is -2.07. The molecule has 0 radical (unpaired) electrons. The highest BCUT2D eigenvalue weighted by Crippen LogP contribution is 2.32. The zero-order valence-corrected chi connectivity index (χ0v) is 26.4. The molecule has 1 unspecified atom stereocenters. The number of nitrogens with one attached hydrogen (secondary N) is 1. The molecule has 1 fully saturated rings. The number of morpholine rings is 1. The lowest BCUT2D eigenvalue weighted by Crippen LogP contribution is -2.59. The van der Waals surface area contributed by atoms with Crippen LogP contribution in [0.1, 0.15) is 64.2 Å². The summed E-state index contributed by atoms with van der Waals surface area (Å²) in [6.07, 6.45) is 0.224. The first-order valence-electron chi connectivity index (χ1n) is 14.9. The summed E-state index contributed by atoms with van der Waals surface area (Å²) in [5.41, 5.74) is 8.22. The van der Waals surface area contributed by atoms with Crippen molar-refractivity contribution in [2.45, 2.75) is 77.4 Å². The van der Waals surface area contributed by atoms with Crippen LogP contribution in [0.3, 0.4) is 0 Å². The van der Waals surface area contributed by atoms with E-state index in [9.17, 15) is 23.9 Å². The molecule has 2 aromatic rings. The van der Waals surface area contributed by atoms with Crippen molar-refractivity contribution < 1.29 is 28.6 Å². The molecule has 0 aromatic heterocycles. The van der Waals surface area contributed by atoms with Gasteiger partial charge in [-0.05, 0) is 46.2 Å². The fourth-order valence-corrected chi connectivity index (χ4v) is 5.26. The van der Waals surface area contributed by atoms with Crippen LogP contribution in [0, 0.1) is 11.7 Å². The second-order valence-corrected chi connectivity index (χ2v) is 12.8. The fourth-order valence-electron chi connectivity index (χ4n) is 5.26. The van der Waals surface area contributed by atoms with Crippen LogP contribution in [0.4, 0.5) is 4.39 Å².